The molecule has 2 heterocycles. The summed E-state index contributed by atoms with van der Waals surface area (Å²) in [6.45, 7) is 5.75. The van der Waals surface area contributed by atoms with Crippen molar-refractivity contribution < 1.29 is 9.59 Å². The molecule has 2 aromatic rings. The number of rotatable bonds is 10. The number of imidazole rings is 1. The van der Waals surface area contributed by atoms with Crippen LogP contribution in [0.1, 0.15) is 31.0 Å². The van der Waals surface area contributed by atoms with Crippen LogP contribution in [0.4, 0.5) is 4.79 Å². The predicted molar refractivity (Wildman–Crippen MR) is 128 cm³/mol. The number of urea groups is 1. The first kappa shape index (κ1) is 24.1. The summed E-state index contributed by atoms with van der Waals surface area (Å²) in [6, 6.07) is 9.81. The number of amides is 3. The van der Waals surface area contributed by atoms with Gasteiger partial charge in [-0.2, -0.15) is 0 Å². The van der Waals surface area contributed by atoms with Gasteiger partial charge >= 0.3 is 6.03 Å². The van der Waals surface area contributed by atoms with Crippen molar-refractivity contribution in [3.05, 3.63) is 54.1 Å². The molecular weight excluding hydrogens is 424 g/mol. The van der Waals surface area contributed by atoms with Gasteiger partial charge in [-0.1, -0.05) is 55.6 Å². The number of carbonyl (C=O) groups excluding carboxylic acids is 2. The monoisotopic (exact) mass is 458 g/mol. The molecule has 1 aliphatic heterocycles. The van der Waals surface area contributed by atoms with Crippen LogP contribution in [0.2, 0.25) is 0 Å². The van der Waals surface area contributed by atoms with E-state index >= 15 is 0 Å². The first-order chi connectivity index (χ1) is 15.6. The lowest BCUT2D eigenvalue weighted by Crippen LogP contribution is -2.59. The second-order valence-corrected chi connectivity index (χ2v) is 8.74. The Morgan fingerprint density at radius 2 is 1.97 bits per heavy atom. The van der Waals surface area contributed by atoms with Crippen LogP contribution < -0.4 is 10.6 Å². The van der Waals surface area contributed by atoms with Gasteiger partial charge < -0.3 is 20.1 Å². The summed E-state index contributed by atoms with van der Waals surface area (Å²) in [7, 11) is 0. The standard InChI is InChI=1S/C23H34N6O2S/c1-3-4-11-26-23(31)27-13-14-29(32-2)21(17-27)22(30)25-12-10-20-15-24-18-28(20)16-19-8-6-5-7-9-19/h5-9,15,18,21H,3-4,10-14,16-17H2,1-2H3,(H,25,30)(H,26,31). The molecule has 1 saturated heterocycles. The highest BCUT2D eigenvalue weighted by atomic mass is 32.2. The van der Waals surface area contributed by atoms with Crippen molar-refractivity contribution in [2.45, 2.75) is 38.8 Å². The summed E-state index contributed by atoms with van der Waals surface area (Å²) in [5.41, 5.74) is 2.29. The minimum absolute atomic E-state index is 0.0421. The van der Waals surface area contributed by atoms with Crippen molar-refractivity contribution in [2.75, 3.05) is 39.0 Å². The molecule has 0 spiro atoms. The average Bonchev–Trinajstić information content (AvgIpc) is 3.26. The molecule has 174 valence electrons. The van der Waals surface area contributed by atoms with Crippen LogP contribution in [-0.2, 0) is 17.8 Å². The molecule has 0 bridgehead atoms. The van der Waals surface area contributed by atoms with E-state index in [0.717, 1.165) is 25.1 Å². The third-order valence-electron chi connectivity index (χ3n) is 5.64. The number of hydrogen-bond acceptors (Lipinski definition) is 5. The van der Waals surface area contributed by atoms with Gasteiger partial charge in [-0.25, -0.2) is 14.1 Å². The van der Waals surface area contributed by atoms with Gasteiger partial charge in [0.25, 0.3) is 0 Å². The van der Waals surface area contributed by atoms with E-state index in [4.69, 9.17) is 0 Å². The normalized spacial score (nSPS) is 16.7. The Balaban J connectivity index is 1.51. The number of unbranched alkanes of at least 4 members (excludes halogenated alkanes) is 1. The van der Waals surface area contributed by atoms with E-state index in [2.05, 4.69) is 43.5 Å². The smallest absolute Gasteiger partial charge is 0.317 e. The summed E-state index contributed by atoms with van der Waals surface area (Å²) in [5, 5.41) is 6.02. The van der Waals surface area contributed by atoms with Gasteiger partial charge in [-0.05, 0) is 18.2 Å². The van der Waals surface area contributed by atoms with Crippen molar-refractivity contribution in [2.24, 2.45) is 0 Å². The van der Waals surface area contributed by atoms with E-state index in [1.54, 1.807) is 16.8 Å². The highest BCUT2D eigenvalue weighted by Crippen LogP contribution is 2.18. The zero-order valence-electron chi connectivity index (χ0n) is 19.0. The SMILES string of the molecule is CCCCNC(=O)N1CCN(SC)C(C(=O)NCCc2cncn2Cc2ccccc2)C1. The lowest BCUT2D eigenvalue weighted by atomic mass is 10.2. The number of hydrogen-bond donors (Lipinski definition) is 2. The maximum absolute atomic E-state index is 13.0. The zero-order chi connectivity index (χ0) is 22.8. The molecule has 0 radical (unpaired) electrons. The number of nitrogens with zero attached hydrogens (tertiary/aromatic N) is 4. The number of aromatic nitrogens is 2. The first-order valence-corrected chi connectivity index (χ1v) is 12.4. The fourth-order valence-electron chi connectivity index (χ4n) is 3.78. The molecule has 32 heavy (non-hydrogen) atoms. The van der Waals surface area contributed by atoms with Crippen LogP contribution in [0.5, 0.6) is 0 Å². The molecule has 1 aliphatic rings. The molecule has 9 heteroatoms. The second kappa shape index (κ2) is 12.5. The Labute approximate surface area is 194 Å². The van der Waals surface area contributed by atoms with E-state index in [1.807, 2.05) is 37.0 Å². The van der Waals surface area contributed by atoms with E-state index in [1.165, 1.54) is 5.56 Å². The Bertz CT molecular complexity index is 859. The van der Waals surface area contributed by atoms with Gasteiger partial charge in [0.2, 0.25) is 5.91 Å². The van der Waals surface area contributed by atoms with Gasteiger partial charge in [0.15, 0.2) is 0 Å². The van der Waals surface area contributed by atoms with Gasteiger partial charge in [-0.15, -0.1) is 0 Å². The van der Waals surface area contributed by atoms with E-state index in [0.29, 0.717) is 39.1 Å². The minimum Gasteiger partial charge on any atom is -0.354 e. The van der Waals surface area contributed by atoms with Crippen LogP contribution in [-0.4, -0.2) is 75.7 Å². The molecule has 0 saturated carbocycles. The van der Waals surface area contributed by atoms with Crippen LogP contribution in [0.3, 0.4) is 0 Å². The quantitative estimate of drug-likeness (QED) is 0.422. The van der Waals surface area contributed by atoms with Gasteiger partial charge in [0.05, 0.1) is 6.33 Å². The zero-order valence-corrected chi connectivity index (χ0v) is 19.8. The van der Waals surface area contributed by atoms with Crippen LogP contribution in [0, 0.1) is 0 Å². The summed E-state index contributed by atoms with van der Waals surface area (Å²) in [5.74, 6) is -0.0421. The first-order valence-electron chi connectivity index (χ1n) is 11.3. The molecule has 1 aromatic heterocycles. The van der Waals surface area contributed by atoms with Gasteiger partial charge in [0.1, 0.15) is 6.04 Å². The van der Waals surface area contributed by atoms with Gasteiger partial charge in [0, 0.05) is 57.6 Å². The van der Waals surface area contributed by atoms with Crippen LogP contribution in [0.25, 0.3) is 0 Å². The molecule has 0 aliphatic carbocycles. The minimum atomic E-state index is -0.357. The Morgan fingerprint density at radius 3 is 2.72 bits per heavy atom. The largest absolute Gasteiger partial charge is 0.354 e. The third-order valence-corrected chi connectivity index (χ3v) is 6.54. The summed E-state index contributed by atoms with van der Waals surface area (Å²) in [4.78, 5) is 31.4. The highest BCUT2D eigenvalue weighted by molar-refractivity contribution is 7.96. The highest BCUT2D eigenvalue weighted by Gasteiger charge is 2.34. The molecule has 1 fully saturated rings. The molecule has 1 aromatic carbocycles. The fourth-order valence-corrected chi connectivity index (χ4v) is 4.46. The van der Waals surface area contributed by atoms with E-state index in [-0.39, 0.29) is 18.0 Å². The fraction of sp³-hybridized carbons (Fsp3) is 0.522. The molecule has 8 nitrogen and oxygen atoms in total. The van der Waals surface area contributed by atoms with E-state index in [9.17, 15) is 9.59 Å². The number of benzene rings is 1. The maximum Gasteiger partial charge on any atom is 0.317 e. The average molecular weight is 459 g/mol. The topological polar surface area (TPSA) is 82.5 Å². The predicted octanol–water partition coefficient (Wildman–Crippen LogP) is 2.36. The lowest BCUT2D eigenvalue weighted by Gasteiger charge is -2.39. The maximum atomic E-state index is 13.0. The van der Waals surface area contributed by atoms with Crippen LogP contribution >= 0.6 is 11.9 Å². The number of nitrogens with one attached hydrogen (secondary N) is 2. The summed E-state index contributed by atoms with van der Waals surface area (Å²) in [6.07, 6.45) is 8.35. The summed E-state index contributed by atoms with van der Waals surface area (Å²) >= 11 is 1.55. The Hall–Kier alpha value is -2.52. The van der Waals surface area contributed by atoms with Crippen molar-refractivity contribution >= 4 is 23.9 Å². The Morgan fingerprint density at radius 1 is 1.16 bits per heavy atom. The number of piperazine rings is 1. The van der Waals surface area contributed by atoms with Crippen molar-refractivity contribution in [3.63, 3.8) is 0 Å². The summed E-state index contributed by atoms with van der Waals surface area (Å²) < 4.78 is 4.17. The molecule has 3 amide bonds. The van der Waals surface area contributed by atoms with Crippen molar-refractivity contribution in [1.29, 1.82) is 0 Å². The second-order valence-electron chi connectivity index (χ2n) is 7.91. The lowest BCUT2D eigenvalue weighted by molar-refractivity contribution is -0.125. The van der Waals surface area contributed by atoms with Crippen LogP contribution in [0.15, 0.2) is 42.9 Å². The molecule has 3 rings (SSSR count). The van der Waals surface area contributed by atoms with E-state index < -0.39 is 0 Å². The molecule has 1 atom stereocenters. The Kier molecular flexibility index (Phi) is 9.43. The third kappa shape index (κ3) is 6.74. The van der Waals surface area contributed by atoms with Crippen molar-refractivity contribution in [1.82, 2.24) is 29.4 Å². The molecule has 1 unspecified atom stereocenters. The van der Waals surface area contributed by atoms with Crippen molar-refractivity contribution in [3.8, 4) is 0 Å². The van der Waals surface area contributed by atoms with Gasteiger partial charge in [-0.3, -0.25) is 4.79 Å². The number of carbonyl (C=O) groups is 2. The molecular formula is C23H34N6O2S. The molecule has 2 N–H and O–H groups in total.